The third-order valence-electron chi connectivity index (χ3n) is 4.65. The third-order valence-corrected chi connectivity index (χ3v) is 4.65. The number of carbonyl (C=O) groups is 3. The first-order valence-corrected chi connectivity index (χ1v) is 9.96. The number of aliphatic carboxylic acids is 2. The number of morpholine rings is 1. The summed E-state index contributed by atoms with van der Waals surface area (Å²) in [6.45, 7) is 5.33. The van der Waals surface area contributed by atoms with Crippen LogP contribution in [0.4, 0.5) is 0 Å². The van der Waals surface area contributed by atoms with E-state index in [4.69, 9.17) is 34.0 Å². The van der Waals surface area contributed by atoms with E-state index in [0.717, 1.165) is 19.6 Å². The van der Waals surface area contributed by atoms with Crippen LogP contribution in [0.5, 0.6) is 11.5 Å². The van der Waals surface area contributed by atoms with Gasteiger partial charge in [0.25, 0.3) is 0 Å². The fourth-order valence-electron chi connectivity index (χ4n) is 3.06. The number of methoxy groups -OCH3 is 1. The molecule has 0 amide bonds. The van der Waals surface area contributed by atoms with Crippen molar-refractivity contribution in [3.05, 3.63) is 59.7 Å². The van der Waals surface area contributed by atoms with Gasteiger partial charge >= 0.3 is 11.9 Å². The number of ether oxygens (including phenoxy) is 3. The van der Waals surface area contributed by atoms with Gasteiger partial charge in [0.1, 0.15) is 12.7 Å². The van der Waals surface area contributed by atoms with Crippen molar-refractivity contribution in [2.75, 3.05) is 33.4 Å². The average molecular weight is 445 g/mol. The van der Waals surface area contributed by atoms with Crippen LogP contribution in [-0.4, -0.2) is 72.4 Å². The molecule has 0 aromatic heterocycles. The molecule has 0 radical (unpaired) electrons. The second-order valence-corrected chi connectivity index (χ2v) is 7.06. The molecule has 3 rings (SSSR count). The zero-order valence-corrected chi connectivity index (χ0v) is 18.0. The number of ketones is 1. The number of hydrogen-bond donors (Lipinski definition) is 2. The summed E-state index contributed by atoms with van der Waals surface area (Å²) in [4.78, 5) is 32.1. The highest BCUT2D eigenvalue weighted by molar-refractivity contribution is 6.27. The van der Waals surface area contributed by atoms with Crippen molar-refractivity contribution < 1.29 is 38.8 Å². The average Bonchev–Trinajstić information content (AvgIpc) is 2.78. The van der Waals surface area contributed by atoms with Crippen LogP contribution in [-0.2, 0) is 20.9 Å². The Labute approximate surface area is 186 Å². The fourth-order valence-corrected chi connectivity index (χ4v) is 3.06. The summed E-state index contributed by atoms with van der Waals surface area (Å²) in [6.07, 6.45) is 0.00431. The number of hydrogen-bond acceptors (Lipinski definition) is 7. The lowest BCUT2D eigenvalue weighted by atomic mass is 10.1. The van der Waals surface area contributed by atoms with Gasteiger partial charge in [0.15, 0.2) is 17.3 Å². The quantitative estimate of drug-likeness (QED) is 0.488. The number of carbonyl (C=O) groups excluding carboxylic acids is 1. The zero-order valence-electron chi connectivity index (χ0n) is 18.0. The van der Waals surface area contributed by atoms with Crippen molar-refractivity contribution in [3.63, 3.8) is 0 Å². The van der Waals surface area contributed by atoms with Gasteiger partial charge in [0, 0.05) is 25.2 Å². The van der Waals surface area contributed by atoms with E-state index < -0.39 is 11.9 Å². The first kappa shape index (κ1) is 24.8. The van der Waals surface area contributed by atoms with Gasteiger partial charge in [-0.1, -0.05) is 30.3 Å². The summed E-state index contributed by atoms with van der Waals surface area (Å²) in [5.41, 5.74) is 1.91. The first-order valence-electron chi connectivity index (χ1n) is 9.96. The summed E-state index contributed by atoms with van der Waals surface area (Å²) in [7, 11) is 1.57. The molecule has 1 heterocycles. The van der Waals surface area contributed by atoms with Crippen LogP contribution in [0.25, 0.3) is 0 Å². The largest absolute Gasteiger partial charge is 0.493 e. The molecule has 1 atom stereocenters. The Morgan fingerprint density at radius 1 is 1.06 bits per heavy atom. The van der Waals surface area contributed by atoms with Crippen molar-refractivity contribution >= 4 is 17.7 Å². The molecule has 172 valence electrons. The van der Waals surface area contributed by atoms with Gasteiger partial charge in [0.2, 0.25) is 0 Å². The Kier molecular flexibility index (Phi) is 9.65. The van der Waals surface area contributed by atoms with Gasteiger partial charge in [0.05, 0.1) is 13.7 Å². The Hall–Kier alpha value is -3.43. The van der Waals surface area contributed by atoms with Gasteiger partial charge in [-0.25, -0.2) is 9.59 Å². The molecule has 9 nitrogen and oxygen atoms in total. The minimum absolute atomic E-state index is 0.00187. The standard InChI is InChI=1S/C21H25NO4.C2H2O4/c1-16(23)18-8-9-20(21(12-18)24-2)26-15-19-14-22(10-11-25-19)13-17-6-4-3-5-7-17;3-1(4)2(5)6/h3-9,12,19H,10-11,13-15H2,1-2H3;(H,3,4)(H,5,6). The Morgan fingerprint density at radius 3 is 2.34 bits per heavy atom. The summed E-state index contributed by atoms with van der Waals surface area (Å²) < 4.78 is 17.1. The van der Waals surface area contributed by atoms with E-state index in [1.165, 1.54) is 12.5 Å². The second-order valence-electron chi connectivity index (χ2n) is 7.06. The van der Waals surface area contributed by atoms with Crippen LogP contribution < -0.4 is 9.47 Å². The highest BCUT2D eigenvalue weighted by Crippen LogP contribution is 2.28. The molecule has 9 heteroatoms. The number of carboxylic acids is 2. The minimum Gasteiger partial charge on any atom is -0.493 e. The van der Waals surface area contributed by atoms with Crippen LogP contribution in [0.2, 0.25) is 0 Å². The van der Waals surface area contributed by atoms with Crippen molar-refractivity contribution in [2.45, 2.75) is 19.6 Å². The lowest BCUT2D eigenvalue weighted by Crippen LogP contribution is -2.44. The highest BCUT2D eigenvalue weighted by atomic mass is 16.5. The van der Waals surface area contributed by atoms with Crippen LogP contribution in [0.15, 0.2) is 48.5 Å². The molecule has 0 bridgehead atoms. The molecule has 32 heavy (non-hydrogen) atoms. The van der Waals surface area contributed by atoms with Crippen molar-refractivity contribution in [1.82, 2.24) is 4.90 Å². The van der Waals surface area contributed by atoms with Crippen LogP contribution in [0.1, 0.15) is 22.8 Å². The van der Waals surface area contributed by atoms with Crippen LogP contribution >= 0.6 is 0 Å². The molecule has 1 aliphatic rings. The summed E-state index contributed by atoms with van der Waals surface area (Å²) in [6, 6.07) is 15.7. The molecule has 0 saturated carbocycles. The molecule has 1 saturated heterocycles. The van der Waals surface area contributed by atoms with E-state index >= 15 is 0 Å². The maximum Gasteiger partial charge on any atom is 0.414 e. The lowest BCUT2D eigenvalue weighted by molar-refractivity contribution is -0.159. The first-order chi connectivity index (χ1) is 15.3. The summed E-state index contributed by atoms with van der Waals surface area (Å²) in [5.74, 6) is -2.46. The third kappa shape index (κ3) is 8.01. The van der Waals surface area contributed by atoms with E-state index in [2.05, 4.69) is 29.2 Å². The molecule has 1 aliphatic heterocycles. The maximum atomic E-state index is 11.5. The normalized spacial score (nSPS) is 15.8. The second kappa shape index (κ2) is 12.4. The molecule has 0 aliphatic carbocycles. The maximum absolute atomic E-state index is 11.5. The Bertz CT molecular complexity index is 903. The van der Waals surface area contributed by atoms with Crippen LogP contribution in [0.3, 0.4) is 0 Å². The highest BCUT2D eigenvalue weighted by Gasteiger charge is 2.22. The molecular formula is C23H27NO8. The number of nitrogens with zero attached hydrogens (tertiary/aromatic N) is 1. The smallest absolute Gasteiger partial charge is 0.414 e. The molecular weight excluding hydrogens is 418 g/mol. The Balaban J connectivity index is 0.000000534. The number of Topliss-reactive ketones (excluding diaryl/α,β-unsaturated/α-hetero) is 1. The van der Waals surface area contributed by atoms with Gasteiger partial charge in [-0.05, 0) is 30.7 Å². The van der Waals surface area contributed by atoms with E-state index in [9.17, 15) is 4.79 Å². The number of benzene rings is 2. The summed E-state index contributed by atoms with van der Waals surface area (Å²) >= 11 is 0. The minimum atomic E-state index is -1.82. The van der Waals surface area contributed by atoms with Crippen molar-refractivity contribution in [2.24, 2.45) is 0 Å². The van der Waals surface area contributed by atoms with Crippen molar-refractivity contribution in [3.8, 4) is 11.5 Å². The number of rotatable bonds is 7. The molecule has 1 unspecified atom stereocenters. The molecule has 2 N–H and O–H groups in total. The topological polar surface area (TPSA) is 123 Å². The van der Waals surface area contributed by atoms with Gasteiger partial charge in [-0.3, -0.25) is 9.69 Å². The predicted molar refractivity (Wildman–Crippen MR) is 115 cm³/mol. The SMILES string of the molecule is COc1cc(C(C)=O)ccc1OCC1CN(Cc2ccccc2)CCO1.O=C(O)C(=O)O. The van der Waals surface area contributed by atoms with E-state index in [-0.39, 0.29) is 11.9 Å². The monoisotopic (exact) mass is 445 g/mol. The fraction of sp³-hybridized carbons (Fsp3) is 0.348. The van der Waals surface area contributed by atoms with Crippen LogP contribution in [0, 0.1) is 0 Å². The zero-order chi connectivity index (χ0) is 23.5. The van der Waals surface area contributed by atoms with Gasteiger partial charge in [-0.2, -0.15) is 0 Å². The molecule has 0 spiro atoms. The van der Waals surface area contributed by atoms with E-state index in [1.807, 2.05) is 6.07 Å². The molecule has 2 aromatic carbocycles. The van der Waals surface area contributed by atoms with E-state index in [0.29, 0.717) is 30.3 Å². The molecule has 2 aromatic rings. The molecule has 1 fully saturated rings. The predicted octanol–water partition coefficient (Wildman–Crippen LogP) is 2.33. The van der Waals surface area contributed by atoms with Gasteiger partial charge in [-0.15, -0.1) is 0 Å². The summed E-state index contributed by atoms with van der Waals surface area (Å²) in [5, 5.41) is 14.8. The van der Waals surface area contributed by atoms with Gasteiger partial charge < -0.3 is 24.4 Å². The number of carboxylic acid groups (broad SMARTS) is 2. The lowest BCUT2D eigenvalue weighted by Gasteiger charge is -2.32. The van der Waals surface area contributed by atoms with Crippen molar-refractivity contribution in [1.29, 1.82) is 0 Å². The Morgan fingerprint density at radius 2 is 1.75 bits per heavy atom. The van der Waals surface area contributed by atoms with E-state index in [1.54, 1.807) is 25.3 Å².